The van der Waals surface area contributed by atoms with Crippen LogP contribution in [0.1, 0.15) is 5.56 Å². The number of nitrogens with two attached hydrogens (primary N) is 1. The lowest BCUT2D eigenvalue weighted by Crippen LogP contribution is -2.24. The standard InChI is InChI=1S/C16H15N5O/c1-19-10-12-9-13(7-8-15(12)18)21-16(20-11-17)22-14-5-3-2-4-6-14/h2-10H,18H2,1H3,(H,20,21). The molecule has 2 aromatic rings. The molecule has 0 aliphatic rings. The number of anilines is 1. The van der Waals surface area contributed by atoms with Gasteiger partial charge >= 0.3 is 6.02 Å². The number of ether oxygens (including phenoxy) is 1. The molecule has 0 spiro atoms. The van der Waals surface area contributed by atoms with E-state index in [-0.39, 0.29) is 6.02 Å². The second-order valence-corrected chi connectivity index (χ2v) is 4.27. The van der Waals surface area contributed by atoms with E-state index in [2.05, 4.69) is 15.3 Å². The van der Waals surface area contributed by atoms with Crippen molar-refractivity contribution < 1.29 is 4.74 Å². The molecule has 6 nitrogen and oxygen atoms in total. The van der Waals surface area contributed by atoms with E-state index in [0.29, 0.717) is 17.1 Å². The second-order valence-electron chi connectivity index (χ2n) is 4.27. The summed E-state index contributed by atoms with van der Waals surface area (Å²) >= 11 is 0. The highest BCUT2D eigenvalue weighted by Crippen LogP contribution is 2.19. The monoisotopic (exact) mass is 293 g/mol. The van der Waals surface area contributed by atoms with Gasteiger partial charge in [0, 0.05) is 24.5 Å². The molecule has 110 valence electrons. The minimum atomic E-state index is 0.0814. The molecular weight excluding hydrogens is 278 g/mol. The third-order valence-electron chi connectivity index (χ3n) is 2.69. The van der Waals surface area contributed by atoms with Crippen LogP contribution in [0.25, 0.3) is 0 Å². The molecule has 0 saturated heterocycles. The van der Waals surface area contributed by atoms with E-state index < -0.39 is 0 Å². The molecule has 0 unspecified atom stereocenters. The van der Waals surface area contributed by atoms with Crippen LogP contribution in [0, 0.1) is 11.5 Å². The van der Waals surface area contributed by atoms with Crippen molar-refractivity contribution in [1.82, 2.24) is 5.32 Å². The van der Waals surface area contributed by atoms with Crippen LogP contribution >= 0.6 is 0 Å². The number of amidine groups is 1. The van der Waals surface area contributed by atoms with E-state index in [1.54, 1.807) is 49.8 Å². The zero-order valence-corrected chi connectivity index (χ0v) is 12.0. The van der Waals surface area contributed by atoms with Gasteiger partial charge in [0.15, 0.2) is 6.19 Å². The Morgan fingerprint density at radius 1 is 1.27 bits per heavy atom. The SMILES string of the molecule is CN=Cc1cc(N=C(NC#N)Oc2ccccc2)ccc1N. The molecule has 0 radical (unpaired) electrons. The van der Waals surface area contributed by atoms with Gasteiger partial charge in [0.1, 0.15) is 5.75 Å². The number of rotatable bonds is 3. The molecule has 0 atom stereocenters. The van der Waals surface area contributed by atoms with Crippen molar-refractivity contribution in [3.05, 3.63) is 54.1 Å². The first kappa shape index (κ1) is 15.1. The van der Waals surface area contributed by atoms with Gasteiger partial charge in [0.2, 0.25) is 0 Å². The third-order valence-corrected chi connectivity index (χ3v) is 2.69. The molecule has 2 aromatic carbocycles. The number of nitrogens with one attached hydrogen (secondary N) is 1. The molecule has 0 saturated carbocycles. The average Bonchev–Trinajstić information content (AvgIpc) is 2.52. The number of para-hydroxylation sites is 1. The molecule has 0 heterocycles. The Balaban J connectivity index is 2.30. The van der Waals surface area contributed by atoms with Gasteiger partial charge in [-0.2, -0.15) is 10.3 Å². The van der Waals surface area contributed by atoms with Gasteiger partial charge in [0.25, 0.3) is 0 Å². The summed E-state index contributed by atoms with van der Waals surface area (Å²) in [6.07, 6.45) is 3.45. The van der Waals surface area contributed by atoms with E-state index in [4.69, 9.17) is 15.7 Å². The maximum Gasteiger partial charge on any atom is 0.309 e. The summed E-state index contributed by atoms with van der Waals surface area (Å²) in [5, 5.41) is 11.2. The predicted octanol–water partition coefficient (Wildman–Crippen LogP) is 2.45. The lowest BCUT2D eigenvalue weighted by Gasteiger charge is -2.07. The molecular formula is C16H15N5O. The number of nitrogen functional groups attached to an aromatic ring is 1. The summed E-state index contributed by atoms with van der Waals surface area (Å²) in [5.74, 6) is 0.579. The molecule has 2 rings (SSSR count). The summed E-state index contributed by atoms with van der Waals surface area (Å²) in [4.78, 5) is 8.21. The van der Waals surface area contributed by atoms with Crippen LogP contribution in [0.4, 0.5) is 11.4 Å². The quantitative estimate of drug-likeness (QED) is 0.299. The molecule has 0 amide bonds. The molecule has 0 aromatic heterocycles. The maximum atomic E-state index is 8.81. The number of nitrogens with zero attached hydrogens (tertiary/aromatic N) is 3. The van der Waals surface area contributed by atoms with Crippen molar-refractivity contribution in [2.24, 2.45) is 9.98 Å². The third kappa shape index (κ3) is 4.08. The Kier molecular flexibility index (Phi) is 5.10. The number of nitriles is 1. The fraction of sp³-hybridized carbons (Fsp3) is 0.0625. The van der Waals surface area contributed by atoms with Crippen LogP contribution in [0.3, 0.4) is 0 Å². The minimum absolute atomic E-state index is 0.0814. The molecule has 6 heteroatoms. The summed E-state index contributed by atoms with van der Waals surface area (Å²) in [5.41, 5.74) is 7.79. The van der Waals surface area contributed by atoms with Gasteiger partial charge in [-0.05, 0) is 30.3 Å². The summed E-state index contributed by atoms with van der Waals surface area (Å²) in [6.45, 7) is 0. The van der Waals surface area contributed by atoms with Crippen LogP contribution < -0.4 is 15.8 Å². The van der Waals surface area contributed by atoms with Crippen molar-refractivity contribution >= 4 is 23.6 Å². The van der Waals surface area contributed by atoms with Gasteiger partial charge in [-0.25, -0.2) is 5.32 Å². The van der Waals surface area contributed by atoms with Crippen molar-refractivity contribution in [3.63, 3.8) is 0 Å². The van der Waals surface area contributed by atoms with Gasteiger partial charge in [-0.15, -0.1) is 0 Å². The average molecular weight is 293 g/mol. The minimum Gasteiger partial charge on any atom is -0.425 e. The van der Waals surface area contributed by atoms with E-state index >= 15 is 0 Å². The Hall–Kier alpha value is -3.33. The van der Waals surface area contributed by atoms with Crippen molar-refractivity contribution in [3.8, 4) is 11.9 Å². The summed E-state index contributed by atoms with van der Waals surface area (Å²) < 4.78 is 5.54. The number of aliphatic imine (C=N–C) groups is 2. The smallest absolute Gasteiger partial charge is 0.309 e. The Labute approximate surface area is 128 Å². The fourth-order valence-corrected chi connectivity index (χ4v) is 1.72. The normalized spacial score (nSPS) is 11.2. The summed E-state index contributed by atoms with van der Waals surface area (Å²) in [7, 11) is 1.66. The lowest BCUT2D eigenvalue weighted by atomic mass is 10.2. The van der Waals surface area contributed by atoms with Gasteiger partial charge in [-0.1, -0.05) is 18.2 Å². The highest BCUT2D eigenvalue weighted by Gasteiger charge is 2.04. The van der Waals surface area contributed by atoms with Crippen LogP contribution in [0.5, 0.6) is 5.75 Å². The first-order chi connectivity index (χ1) is 10.7. The number of hydrogen-bond acceptors (Lipinski definition) is 5. The summed E-state index contributed by atoms with van der Waals surface area (Å²) in [6, 6.07) is 14.4. The van der Waals surface area contributed by atoms with Crippen molar-refractivity contribution in [1.29, 1.82) is 5.26 Å². The Bertz CT molecular complexity index is 732. The Morgan fingerprint density at radius 3 is 2.73 bits per heavy atom. The molecule has 3 N–H and O–H groups in total. The second kappa shape index (κ2) is 7.45. The molecule has 0 bridgehead atoms. The van der Waals surface area contributed by atoms with Crippen LogP contribution in [-0.4, -0.2) is 19.3 Å². The number of benzene rings is 2. The van der Waals surface area contributed by atoms with Crippen LogP contribution in [0.2, 0.25) is 0 Å². The molecule has 22 heavy (non-hydrogen) atoms. The van der Waals surface area contributed by atoms with Crippen molar-refractivity contribution in [2.45, 2.75) is 0 Å². The largest absolute Gasteiger partial charge is 0.425 e. The predicted molar refractivity (Wildman–Crippen MR) is 87.3 cm³/mol. The highest BCUT2D eigenvalue weighted by molar-refractivity contribution is 5.89. The Morgan fingerprint density at radius 2 is 2.05 bits per heavy atom. The first-order valence-electron chi connectivity index (χ1n) is 6.51. The lowest BCUT2D eigenvalue weighted by molar-refractivity contribution is 0.531. The van der Waals surface area contributed by atoms with E-state index in [1.807, 2.05) is 18.2 Å². The maximum absolute atomic E-state index is 8.81. The zero-order chi connectivity index (χ0) is 15.8. The molecule has 0 aliphatic carbocycles. The molecule has 0 aliphatic heterocycles. The van der Waals surface area contributed by atoms with Gasteiger partial charge in [0.05, 0.1) is 5.69 Å². The van der Waals surface area contributed by atoms with E-state index in [1.165, 1.54) is 0 Å². The number of hydrogen-bond donors (Lipinski definition) is 2. The van der Waals surface area contributed by atoms with Gasteiger partial charge in [-0.3, -0.25) is 4.99 Å². The molecule has 0 fully saturated rings. The first-order valence-corrected chi connectivity index (χ1v) is 6.51. The van der Waals surface area contributed by atoms with Gasteiger partial charge < -0.3 is 10.5 Å². The van der Waals surface area contributed by atoms with Crippen LogP contribution in [-0.2, 0) is 0 Å². The highest BCUT2D eigenvalue weighted by atomic mass is 16.5. The van der Waals surface area contributed by atoms with Crippen molar-refractivity contribution in [2.75, 3.05) is 12.8 Å². The zero-order valence-electron chi connectivity index (χ0n) is 12.0. The van der Waals surface area contributed by atoms with E-state index in [0.717, 1.165) is 5.56 Å². The topological polar surface area (TPSA) is 95.8 Å². The van der Waals surface area contributed by atoms with E-state index in [9.17, 15) is 0 Å². The van der Waals surface area contributed by atoms with Crippen LogP contribution in [0.15, 0.2) is 58.5 Å². The fourth-order valence-electron chi connectivity index (χ4n) is 1.72.